The summed E-state index contributed by atoms with van der Waals surface area (Å²) in [6.07, 6.45) is 0. The monoisotopic (exact) mass is 178 g/mol. The quantitative estimate of drug-likeness (QED) is 0.655. The fraction of sp³-hybridized carbons (Fsp3) is 0.222. The van der Waals surface area contributed by atoms with Gasteiger partial charge < -0.3 is 10.1 Å². The van der Waals surface area contributed by atoms with Crippen LogP contribution in [0.5, 0.6) is 5.75 Å². The molecule has 1 unspecified atom stereocenters. The third kappa shape index (κ3) is 1.29. The molecule has 2 rings (SSSR count). The van der Waals surface area contributed by atoms with E-state index >= 15 is 0 Å². The summed E-state index contributed by atoms with van der Waals surface area (Å²) >= 11 is 0. The van der Waals surface area contributed by atoms with Gasteiger partial charge in [-0.1, -0.05) is 6.07 Å². The van der Waals surface area contributed by atoms with Crippen molar-refractivity contribution >= 4 is 5.69 Å². The van der Waals surface area contributed by atoms with Crippen molar-refractivity contribution in [3.05, 3.63) is 24.0 Å². The Hall–Kier alpha value is -1.76. The summed E-state index contributed by atoms with van der Waals surface area (Å²) in [4.78, 5) is 0. The largest absolute Gasteiger partial charge is 0.485 e. The molecule has 0 fully saturated rings. The fourth-order valence-electron chi connectivity index (χ4n) is 1.23. The van der Waals surface area contributed by atoms with Crippen molar-refractivity contribution in [3.63, 3.8) is 0 Å². The van der Waals surface area contributed by atoms with Crippen LogP contribution in [0.15, 0.2) is 18.2 Å². The number of rotatable bonds is 0. The highest BCUT2D eigenvalue weighted by Crippen LogP contribution is 2.30. The number of nitriles is 1. The van der Waals surface area contributed by atoms with Crippen molar-refractivity contribution in [1.82, 2.24) is 0 Å². The molecule has 3 nitrogen and oxygen atoms in total. The Kier molecular flexibility index (Phi) is 1.78. The van der Waals surface area contributed by atoms with Gasteiger partial charge in [-0.2, -0.15) is 5.26 Å². The van der Waals surface area contributed by atoms with Gasteiger partial charge in [-0.3, -0.25) is 0 Å². The summed E-state index contributed by atoms with van der Waals surface area (Å²) in [6, 6.07) is 6.19. The molecule has 1 aromatic rings. The molecule has 1 aliphatic rings. The third-order valence-corrected chi connectivity index (χ3v) is 1.85. The fourth-order valence-corrected chi connectivity index (χ4v) is 1.23. The molecular formula is C9H7FN2O. The minimum absolute atomic E-state index is 0.185. The zero-order chi connectivity index (χ0) is 9.26. The molecule has 1 N–H and O–H groups in total. The summed E-state index contributed by atoms with van der Waals surface area (Å²) in [5.41, 5.74) is 0.540. The number of benzene rings is 1. The molecule has 0 saturated heterocycles. The van der Waals surface area contributed by atoms with Crippen LogP contribution in [-0.4, -0.2) is 12.6 Å². The van der Waals surface area contributed by atoms with Crippen molar-refractivity contribution in [2.24, 2.45) is 0 Å². The van der Waals surface area contributed by atoms with Gasteiger partial charge in [0.1, 0.15) is 12.6 Å². The number of halogens is 1. The molecule has 0 spiro atoms. The van der Waals surface area contributed by atoms with Crippen LogP contribution in [0.4, 0.5) is 10.1 Å². The Bertz CT molecular complexity index is 372. The van der Waals surface area contributed by atoms with E-state index in [1.165, 1.54) is 6.07 Å². The number of para-hydroxylation sites is 1. The van der Waals surface area contributed by atoms with E-state index in [1.807, 2.05) is 6.07 Å². The number of nitrogens with zero attached hydrogens (tertiary/aromatic N) is 1. The second-order valence-corrected chi connectivity index (χ2v) is 2.75. The normalized spacial score (nSPS) is 19.2. The Morgan fingerprint density at radius 2 is 2.46 bits per heavy atom. The first-order valence-electron chi connectivity index (χ1n) is 3.89. The lowest BCUT2D eigenvalue weighted by molar-refractivity contribution is 0.288. The Morgan fingerprint density at radius 1 is 1.62 bits per heavy atom. The van der Waals surface area contributed by atoms with Gasteiger partial charge in [0.2, 0.25) is 0 Å². The zero-order valence-corrected chi connectivity index (χ0v) is 6.75. The number of nitrogens with one attached hydrogen (secondary N) is 1. The van der Waals surface area contributed by atoms with Crippen molar-refractivity contribution in [2.75, 3.05) is 11.9 Å². The maximum atomic E-state index is 13.1. The van der Waals surface area contributed by atoms with Crippen LogP contribution >= 0.6 is 0 Å². The Morgan fingerprint density at radius 3 is 3.23 bits per heavy atom. The molecule has 0 saturated carbocycles. The van der Waals surface area contributed by atoms with Crippen molar-refractivity contribution in [1.29, 1.82) is 5.26 Å². The first kappa shape index (κ1) is 7.87. The zero-order valence-electron chi connectivity index (χ0n) is 6.75. The van der Waals surface area contributed by atoms with E-state index in [9.17, 15) is 4.39 Å². The van der Waals surface area contributed by atoms with Crippen molar-refractivity contribution in [2.45, 2.75) is 6.04 Å². The Labute approximate surface area is 74.7 Å². The van der Waals surface area contributed by atoms with E-state index in [0.29, 0.717) is 5.69 Å². The van der Waals surface area contributed by atoms with Crippen LogP contribution in [0.25, 0.3) is 0 Å². The van der Waals surface area contributed by atoms with Crippen LogP contribution in [0.2, 0.25) is 0 Å². The molecule has 1 atom stereocenters. The highest BCUT2D eigenvalue weighted by atomic mass is 19.1. The van der Waals surface area contributed by atoms with Crippen LogP contribution in [0.3, 0.4) is 0 Å². The number of ether oxygens (including phenoxy) is 1. The summed E-state index contributed by atoms with van der Waals surface area (Å²) in [6.45, 7) is 0.185. The summed E-state index contributed by atoms with van der Waals surface area (Å²) in [7, 11) is 0. The predicted octanol–water partition coefficient (Wildman–Crippen LogP) is 1.52. The first-order chi connectivity index (χ1) is 6.31. The highest BCUT2D eigenvalue weighted by molar-refractivity contribution is 5.59. The average molecular weight is 178 g/mol. The lowest BCUT2D eigenvalue weighted by atomic mass is 10.2. The molecule has 0 amide bonds. The van der Waals surface area contributed by atoms with Gasteiger partial charge in [-0.05, 0) is 12.1 Å². The number of anilines is 1. The van der Waals surface area contributed by atoms with Crippen LogP contribution in [0, 0.1) is 17.1 Å². The van der Waals surface area contributed by atoms with Gasteiger partial charge in [-0.15, -0.1) is 0 Å². The summed E-state index contributed by atoms with van der Waals surface area (Å²) in [5, 5.41) is 11.5. The standard InChI is InChI=1S/C9H7FN2O/c10-7-2-1-3-8-9(7)13-5-6(4-11)12-8/h1-3,6,12H,5H2. The van der Waals surface area contributed by atoms with E-state index in [0.717, 1.165) is 0 Å². The topological polar surface area (TPSA) is 45.0 Å². The second kappa shape index (κ2) is 2.94. The van der Waals surface area contributed by atoms with Gasteiger partial charge in [0.15, 0.2) is 11.6 Å². The van der Waals surface area contributed by atoms with Gasteiger partial charge in [0.25, 0.3) is 0 Å². The molecule has 1 aliphatic heterocycles. The number of hydrogen-bond donors (Lipinski definition) is 1. The maximum Gasteiger partial charge on any atom is 0.178 e. The summed E-state index contributed by atoms with van der Waals surface area (Å²) < 4.78 is 18.2. The molecule has 1 aromatic carbocycles. The predicted molar refractivity (Wildman–Crippen MR) is 44.9 cm³/mol. The third-order valence-electron chi connectivity index (χ3n) is 1.85. The van der Waals surface area contributed by atoms with E-state index < -0.39 is 11.9 Å². The minimum atomic E-state index is -0.401. The SMILES string of the molecule is N#CC1COc2c(F)cccc2N1. The molecule has 13 heavy (non-hydrogen) atoms. The lowest BCUT2D eigenvalue weighted by Gasteiger charge is -2.22. The van der Waals surface area contributed by atoms with Crippen LogP contribution in [-0.2, 0) is 0 Å². The van der Waals surface area contributed by atoms with E-state index in [2.05, 4.69) is 5.32 Å². The number of fused-ring (bicyclic) bond motifs is 1. The average Bonchev–Trinajstić information content (AvgIpc) is 2.18. The van der Waals surface area contributed by atoms with Gasteiger partial charge >= 0.3 is 0 Å². The van der Waals surface area contributed by atoms with E-state index in [-0.39, 0.29) is 12.4 Å². The van der Waals surface area contributed by atoms with E-state index in [4.69, 9.17) is 10.00 Å². The molecule has 4 heteroatoms. The Balaban J connectivity index is 2.37. The molecule has 66 valence electrons. The van der Waals surface area contributed by atoms with Crippen LogP contribution < -0.4 is 10.1 Å². The highest BCUT2D eigenvalue weighted by Gasteiger charge is 2.20. The van der Waals surface area contributed by atoms with Gasteiger partial charge in [-0.25, -0.2) is 4.39 Å². The van der Waals surface area contributed by atoms with Gasteiger partial charge in [0.05, 0.1) is 11.8 Å². The van der Waals surface area contributed by atoms with Crippen molar-refractivity contribution in [3.8, 4) is 11.8 Å². The van der Waals surface area contributed by atoms with Crippen molar-refractivity contribution < 1.29 is 9.13 Å². The molecule has 0 radical (unpaired) electrons. The smallest absolute Gasteiger partial charge is 0.178 e. The molecule has 0 bridgehead atoms. The maximum absolute atomic E-state index is 13.1. The summed E-state index contributed by atoms with van der Waals surface area (Å²) in [5.74, 6) is -0.199. The molecule has 0 aromatic heterocycles. The van der Waals surface area contributed by atoms with Gasteiger partial charge in [0, 0.05) is 0 Å². The molecular weight excluding hydrogens is 171 g/mol. The second-order valence-electron chi connectivity index (χ2n) is 2.75. The number of hydrogen-bond acceptors (Lipinski definition) is 3. The molecule has 0 aliphatic carbocycles. The minimum Gasteiger partial charge on any atom is -0.485 e. The first-order valence-corrected chi connectivity index (χ1v) is 3.89. The van der Waals surface area contributed by atoms with E-state index in [1.54, 1.807) is 12.1 Å². The molecule has 1 heterocycles. The van der Waals surface area contributed by atoms with Crippen LogP contribution in [0.1, 0.15) is 0 Å². The lowest BCUT2D eigenvalue weighted by Crippen LogP contribution is -2.30.